The van der Waals surface area contributed by atoms with E-state index in [1.54, 1.807) is 44.2 Å². The highest BCUT2D eigenvalue weighted by Gasteiger charge is 2.32. The molecule has 0 bridgehead atoms. The summed E-state index contributed by atoms with van der Waals surface area (Å²) in [5, 5.41) is 16.5. The van der Waals surface area contributed by atoms with Gasteiger partial charge in [-0.05, 0) is 11.5 Å². The molecule has 5 amide bonds. The lowest BCUT2D eigenvalue weighted by molar-refractivity contribution is -0.143. The van der Waals surface area contributed by atoms with Crippen LogP contribution in [0.4, 0.5) is 0 Å². The SMILES string of the molecule is CC(C)C(NC(=O)C(N)CC(N)=O)C(=O)NC(Cc1ccccc1)C(=O)NC(CC(N)=O)C(=O)O. The number of nitrogens with one attached hydrogen (secondary N) is 3. The first kappa shape index (κ1) is 29.0. The van der Waals surface area contributed by atoms with Crippen LogP contribution in [0.15, 0.2) is 30.3 Å². The molecule has 0 fully saturated rings. The van der Waals surface area contributed by atoms with Crippen LogP contribution in [0.5, 0.6) is 0 Å². The second-order valence-corrected chi connectivity index (χ2v) is 8.33. The molecule has 4 unspecified atom stereocenters. The maximum atomic E-state index is 13.0. The van der Waals surface area contributed by atoms with Crippen LogP contribution in [0.25, 0.3) is 0 Å². The van der Waals surface area contributed by atoms with Crippen molar-refractivity contribution in [1.29, 1.82) is 0 Å². The number of carboxylic acids is 1. The summed E-state index contributed by atoms with van der Waals surface area (Å²) < 4.78 is 0. The average Bonchev–Trinajstić information content (AvgIpc) is 2.75. The highest BCUT2D eigenvalue weighted by molar-refractivity contribution is 5.95. The van der Waals surface area contributed by atoms with Crippen LogP contribution < -0.4 is 33.2 Å². The van der Waals surface area contributed by atoms with Gasteiger partial charge in [-0.25, -0.2) is 4.79 Å². The second-order valence-electron chi connectivity index (χ2n) is 8.33. The van der Waals surface area contributed by atoms with Crippen molar-refractivity contribution in [3.8, 4) is 0 Å². The molecular formula is C22H32N6O7. The van der Waals surface area contributed by atoms with Crippen molar-refractivity contribution in [3.05, 3.63) is 35.9 Å². The Morgan fingerprint density at radius 3 is 1.83 bits per heavy atom. The predicted octanol–water partition coefficient (Wildman–Crippen LogP) is -2.50. The first-order valence-corrected chi connectivity index (χ1v) is 10.8. The Morgan fingerprint density at radius 2 is 1.34 bits per heavy atom. The number of nitrogens with two attached hydrogens (primary N) is 3. The standard InChI is InChI=1S/C22H32N6O7/c1-11(2)18(28-19(31)13(23)9-16(24)29)21(33)26-14(8-12-6-4-3-5-7-12)20(32)27-15(22(34)35)10-17(25)30/h3-7,11,13-15,18H,8-10,23H2,1-2H3,(H2,24,29)(H2,25,30)(H,26,33)(H,27,32)(H,28,31)(H,34,35). The lowest BCUT2D eigenvalue weighted by atomic mass is 10.00. The monoisotopic (exact) mass is 492 g/mol. The number of amides is 5. The van der Waals surface area contributed by atoms with E-state index in [0.29, 0.717) is 5.56 Å². The van der Waals surface area contributed by atoms with Crippen LogP contribution in [0.1, 0.15) is 32.3 Å². The van der Waals surface area contributed by atoms with Crippen molar-refractivity contribution in [3.63, 3.8) is 0 Å². The van der Waals surface area contributed by atoms with Gasteiger partial charge in [0, 0.05) is 6.42 Å². The van der Waals surface area contributed by atoms with Crippen LogP contribution in [0.3, 0.4) is 0 Å². The van der Waals surface area contributed by atoms with Gasteiger partial charge in [0.05, 0.1) is 18.9 Å². The van der Waals surface area contributed by atoms with Crippen molar-refractivity contribution >= 4 is 35.5 Å². The molecule has 10 N–H and O–H groups in total. The molecule has 0 saturated carbocycles. The first-order valence-electron chi connectivity index (χ1n) is 10.8. The number of primary amides is 2. The van der Waals surface area contributed by atoms with E-state index >= 15 is 0 Å². The maximum Gasteiger partial charge on any atom is 0.326 e. The summed E-state index contributed by atoms with van der Waals surface area (Å²) in [4.78, 5) is 71.9. The van der Waals surface area contributed by atoms with Gasteiger partial charge in [0.2, 0.25) is 29.5 Å². The lowest BCUT2D eigenvalue weighted by Gasteiger charge is -2.27. The fourth-order valence-electron chi connectivity index (χ4n) is 3.10. The van der Waals surface area contributed by atoms with E-state index in [9.17, 15) is 33.9 Å². The molecule has 13 nitrogen and oxygen atoms in total. The summed E-state index contributed by atoms with van der Waals surface area (Å²) in [5.41, 5.74) is 16.4. The third-order valence-electron chi connectivity index (χ3n) is 4.94. The number of rotatable bonds is 14. The van der Waals surface area contributed by atoms with E-state index in [2.05, 4.69) is 16.0 Å². The molecular weight excluding hydrogens is 460 g/mol. The number of benzene rings is 1. The lowest BCUT2D eigenvalue weighted by Crippen LogP contribution is -2.59. The summed E-state index contributed by atoms with van der Waals surface area (Å²) in [6.45, 7) is 3.29. The molecule has 0 aliphatic heterocycles. The molecule has 0 heterocycles. The molecule has 1 rings (SSSR count). The number of hydrogen-bond donors (Lipinski definition) is 7. The van der Waals surface area contributed by atoms with Crippen LogP contribution in [-0.4, -0.2) is 64.8 Å². The van der Waals surface area contributed by atoms with Crippen LogP contribution in [0.2, 0.25) is 0 Å². The largest absolute Gasteiger partial charge is 0.480 e. The van der Waals surface area contributed by atoms with Gasteiger partial charge in [-0.2, -0.15) is 0 Å². The fraction of sp³-hybridized carbons (Fsp3) is 0.455. The van der Waals surface area contributed by atoms with E-state index in [-0.39, 0.29) is 6.42 Å². The minimum absolute atomic E-state index is 0.0126. The zero-order chi connectivity index (χ0) is 26.7. The molecule has 192 valence electrons. The van der Waals surface area contributed by atoms with E-state index in [1.165, 1.54) is 0 Å². The van der Waals surface area contributed by atoms with Gasteiger partial charge in [-0.1, -0.05) is 44.2 Å². The molecule has 13 heteroatoms. The topological polar surface area (TPSA) is 237 Å². The fourth-order valence-corrected chi connectivity index (χ4v) is 3.10. The number of carbonyl (C=O) groups excluding carboxylic acids is 5. The Kier molecular flexibility index (Phi) is 11.3. The van der Waals surface area contributed by atoms with Gasteiger partial charge in [-0.3, -0.25) is 24.0 Å². The minimum atomic E-state index is -1.59. The summed E-state index contributed by atoms with van der Waals surface area (Å²) in [6.07, 6.45) is -1.08. The smallest absolute Gasteiger partial charge is 0.326 e. The second kappa shape index (κ2) is 13.6. The Labute approximate surface area is 202 Å². The Hall–Kier alpha value is -4.00. The van der Waals surface area contributed by atoms with Crippen molar-refractivity contribution < 1.29 is 33.9 Å². The van der Waals surface area contributed by atoms with Gasteiger partial charge in [0.15, 0.2) is 0 Å². The first-order chi connectivity index (χ1) is 16.3. The molecule has 0 saturated heterocycles. The molecule has 1 aromatic rings. The highest BCUT2D eigenvalue weighted by atomic mass is 16.4. The van der Waals surface area contributed by atoms with Crippen molar-refractivity contribution in [2.75, 3.05) is 0 Å². The minimum Gasteiger partial charge on any atom is -0.480 e. The van der Waals surface area contributed by atoms with Crippen molar-refractivity contribution in [1.82, 2.24) is 16.0 Å². The molecule has 4 atom stereocenters. The Bertz CT molecular complexity index is 937. The average molecular weight is 493 g/mol. The zero-order valence-electron chi connectivity index (χ0n) is 19.5. The summed E-state index contributed by atoms with van der Waals surface area (Å²) in [5.74, 6) is -6.03. The normalized spacial score (nSPS) is 14.2. The third kappa shape index (κ3) is 10.2. The van der Waals surface area contributed by atoms with Crippen LogP contribution in [0, 0.1) is 5.92 Å². The quantitative estimate of drug-likeness (QED) is 0.146. The maximum absolute atomic E-state index is 13.0. The van der Waals surface area contributed by atoms with E-state index in [4.69, 9.17) is 17.2 Å². The highest BCUT2D eigenvalue weighted by Crippen LogP contribution is 2.08. The number of aliphatic carboxylic acids is 1. The van der Waals surface area contributed by atoms with Gasteiger partial charge in [-0.15, -0.1) is 0 Å². The summed E-state index contributed by atoms with van der Waals surface area (Å²) >= 11 is 0. The number of carbonyl (C=O) groups is 6. The van der Waals surface area contributed by atoms with Gasteiger partial charge < -0.3 is 38.3 Å². The Morgan fingerprint density at radius 1 is 0.800 bits per heavy atom. The predicted molar refractivity (Wildman–Crippen MR) is 124 cm³/mol. The molecule has 1 aromatic carbocycles. The van der Waals surface area contributed by atoms with E-state index in [0.717, 1.165) is 0 Å². The molecule has 0 radical (unpaired) electrons. The molecule has 0 aromatic heterocycles. The van der Waals surface area contributed by atoms with E-state index in [1.807, 2.05) is 0 Å². The number of hydrogen-bond acceptors (Lipinski definition) is 7. The molecule has 35 heavy (non-hydrogen) atoms. The molecule has 0 spiro atoms. The van der Waals surface area contributed by atoms with Gasteiger partial charge in [0.1, 0.15) is 18.1 Å². The third-order valence-corrected chi connectivity index (χ3v) is 4.94. The van der Waals surface area contributed by atoms with Gasteiger partial charge >= 0.3 is 5.97 Å². The molecule has 0 aliphatic carbocycles. The zero-order valence-corrected chi connectivity index (χ0v) is 19.5. The van der Waals surface area contributed by atoms with Crippen LogP contribution >= 0.6 is 0 Å². The summed E-state index contributed by atoms with van der Waals surface area (Å²) in [6, 6.07) is 3.35. The summed E-state index contributed by atoms with van der Waals surface area (Å²) in [7, 11) is 0. The Balaban J connectivity index is 3.10. The van der Waals surface area contributed by atoms with Gasteiger partial charge in [0.25, 0.3) is 0 Å². The molecule has 0 aliphatic rings. The van der Waals surface area contributed by atoms with E-state index < -0.39 is 78.4 Å². The van der Waals surface area contributed by atoms with Crippen molar-refractivity contribution in [2.24, 2.45) is 23.1 Å². The van der Waals surface area contributed by atoms with Crippen LogP contribution in [-0.2, 0) is 35.2 Å². The number of carboxylic acid groups (broad SMARTS) is 1. The van der Waals surface area contributed by atoms with Crippen molar-refractivity contribution in [2.45, 2.75) is 57.3 Å².